The minimum absolute atomic E-state index is 0.164. The largest absolute Gasteiger partial charge is 0.324 e. The third kappa shape index (κ3) is 3.14. The second kappa shape index (κ2) is 6.57. The van der Waals surface area contributed by atoms with Gasteiger partial charge in [-0.2, -0.15) is 10.2 Å². The van der Waals surface area contributed by atoms with Gasteiger partial charge in [-0.25, -0.2) is 9.20 Å². The van der Waals surface area contributed by atoms with Gasteiger partial charge < -0.3 is 5.32 Å². The molecule has 1 N–H and O–H groups in total. The zero-order valence-corrected chi connectivity index (χ0v) is 14.7. The van der Waals surface area contributed by atoms with Gasteiger partial charge >= 0.3 is 0 Å². The average Bonchev–Trinajstić information content (AvgIpc) is 3.29. The molecule has 0 atom stereocenters. The van der Waals surface area contributed by atoms with Crippen LogP contribution in [-0.4, -0.2) is 25.3 Å². The van der Waals surface area contributed by atoms with Crippen molar-refractivity contribution in [1.29, 1.82) is 0 Å². The highest BCUT2D eigenvalue weighted by Gasteiger charge is 2.12. The smallest absolute Gasteiger partial charge is 0.293 e. The Hall–Kier alpha value is -3.26. The first kappa shape index (κ1) is 16.2. The molecule has 0 fully saturated rings. The average molecular weight is 365 g/mol. The van der Waals surface area contributed by atoms with E-state index in [1.54, 1.807) is 17.4 Å². The van der Waals surface area contributed by atoms with Crippen molar-refractivity contribution >= 4 is 28.4 Å². The third-order valence-electron chi connectivity index (χ3n) is 3.89. The van der Waals surface area contributed by atoms with Crippen molar-refractivity contribution in [1.82, 2.24) is 19.4 Å². The summed E-state index contributed by atoms with van der Waals surface area (Å²) >= 11 is 1.54. The summed E-state index contributed by atoms with van der Waals surface area (Å²) in [5.74, 6) is -0.314. The number of carbonyl (C=O) groups is 1. The number of nitrogens with one attached hydrogen (secondary N) is 1. The van der Waals surface area contributed by atoms with Gasteiger partial charge in [-0.3, -0.25) is 9.59 Å². The number of rotatable bonds is 4. The van der Waals surface area contributed by atoms with Gasteiger partial charge in [-0.15, -0.1) is 11.3 Å². The summed E-state index contributed by atoms with van der Waals surface area (Å²) < 4.78 is 2.57. The minimum Gasteiger partial charge on any atom is -0.324 e. The Labute approximate surface area is 152 Å². The molecule has 0 bridgehead atoms. The first-order chi connectivity index (χ1) is 12.6. The molecule has 3 aromatic heterocycles. The maximum Gasteiger partial charge on any atom is 0.293 e. The number of benzene rings is 1. The highest BCUT2D eigenvalue weighted by atomic mass is 32.1. The van der Waals surface area contributed by atoms with Gasteiger partial charge in [0.1, 0.15) is 24.1 Å². The molecule has 8 heteroatoms. The molecule has 0 radical (unpaired) electrons. The van der Waals surface area contributed by atoms with E-state index >= 15 is 0 Å². The lowest BCUT2D eigenvalue weighted by molar-refractivity contribution is -0.117. The summed E-state index contributed by atoms with van der Waals surface area (Å²) in [5, 5.41) is 13.1. The van der Waals surface area contributed by atoms with E-state index in [0.717, 1.165) is 15.1 Å². The third-order valence-corrected chi connectivity index (χ3v) is 4.78. The van der Waals surface area contributed by atoms with Gasteiger partial charge in [-0.05, 0) is 36.6 Å². The van der Waals surface area contributed by atoms with Crippen LogP contribution in [0.2, 0.25) is 0 Å². The molecule has 0 aliphatic rings. The van der Waals surface area contributed by atoms with E-state index in [-0.39, 0.29) is 18.0 Å². The lowest BCUT2D eigenvalue weighted by Gasteiger charge is -2.07. The van der Waals surface area contributed by atoms with Crippen LogP contribution in [-0.2, 0) is 11.3 Å². The summed E-state index contributed by atoms with van der Waals surface area (Å²) in [6.07, 6.45) is 1.44. The Morgan fingerprint density at radius 3 is 2.77 bits per heavy atom. The van der Waals surface area contributed by atoms with E-state index in [9.17, 15) is 9.59 Å². The lowest BCUT2D eigenvalue weighted by Crippen LogP contribution is -2.30. The fourth-order valence-electron chi connectivity index (χ4n) is 2.57. The standard InChI is InChI=1S/C18H15N5O2S/c1-12-4-6-13(7-5-12)20-17(24)10-22-18(25)15-9-14(16-3-2-8-26-16)21-23(15)11-19-22/h2-9,11H,10H2,1H3,(H,20,24). The highest BCUT2D eigenvalue weighted by molar-refractivity contribution is 7.13. The van der Waals surface area contributed by atoms with Crippen molar-refractivity contribution in [2.45, 2.75) is 13.5 Å². The number of nitrogens with zero attached hydrogens (tertiary/aromatic N) is 4. The lowest BCUT2D eigenvalue weighted by atomic mass is 10.2. The monoisotopic (exact) mass is 365 g/mol. The topological polar surface area (TPSA) is 81.3 Å². The van der Waals surface area contributed by atoms with Gasteiger partial charge in [0.2, 0.25) is 5.91 Å². The number of fused-ring (bicyclic) bond motifs is 1. The number of hydrogen-bond donors (Lipinski definition) is 1. The first-order valence-electron chi connectivity index (χ1n) is 7.96. The van der Waals surface area contributed by atoms with Crippen molar-refractivity contribution in [2.75, 3.05) is 5.32 Å². The fourth-order valence-corrected chi connectivity index (χ4v) is 3.25. The van der Waals surface area contributed by atoms with Gasteiger partial charge in [-0.1, -0.05) is 23.8 Å². The van der Waals surface area contributed by atoms with Crippen molar-refractivity contribution < 1.29 is 4.79 Å². The Kier molecular flexibility index (Phi) is 4.10. The molecule has 0 saturated carbocycles. The first-order valence-corrected chi connectivity index (χ1v) is 8.84. The number of aromatic nitrogens is 4. The molecular formula is C18H15N5O2S. The number of anilines is 1. The van der Waals surface area contributed by atoms with Gasteiger partial charge in [0.15, 0.2) is 0 Å². The molecule has 4 rings (SSSR count). The maximum atomic E-state index is 12.6. The molecule has 0 aliphatic carbocycles. The minimum atomic E-state index is -0.359. The Morgan fingerprint density at radius 1 is 1.23 bits per heavy atom. The van der Waals surface area contributed by atoms with E-state index in [0.29, 0.717) is 16.9 Å². The van der Waals surface area contributed by atoms with Crippen molar-refractivity contribution in [3.63, 3.8) is 0 Å². The zero-order chi connectivity index (χ0) is 18.1. The van der Waals surface area contributed by atoms with Crippen molar-refractivity contribution in [2.24, 2.45) is 0 Å². The van der Waals surface area contributed by atoms with Crippen LogP contribution < -0.4 is 10.9 Å². The van der Waals surface area contributed by atoms with E-state index in [1.807, 2.05) is 48.7 Å². The molecule has 7 nitrogen and oxygen atoms in total. The Morgan fingerprint density at radius 2 is 2.04 bits per heavy atom. The van der Waals surface area contributed by atoms with Crippen LogP contribution in [0.5, 0.6) is 0 Å². The van der Waals surface area contributed by atoms with Crippen LogP contribution in [0.25, 0.3) is 16.1 Å². The van der Waals surface area contributed by atoms with Crippen molar-refractivity contribution in [3.05, 3.63) is 70.1 Å². The molecular weight excluding hydrogens is 350 g/mol. The summed E-state index contributed by atoms with van der Waals surface area (Å²) in [5.41, 5.74) is 2.52. The zero-order valence-electron chi connectivity index (χ0n) is 13.9. The SMILES string of the molecule is Cc1ccc(NC(=O)Cn2ncn3nc(-c4cccs4)cc3c2=O)cc1. The summed E-state index contributed by atoms with van der Waals surface area (Å²) in [7, 11) is 0. The number of thiophene rings is 1. The second-order valence-corrected chi connectivity index (χ2v) is 6.79. The molecule has 1 amide bonds. The number of hydrogen-bond acceptors (Lipinski definition) is 5. The highest BCUT2D eigenvalue weighted by Crippen LogP contribution is 2.23. The molecule has 0 unspecified atom stereocenters. The molecule has 4 aromatic rings. The summed E-state index contributed by atoms with van der Waals surface area (Å²) in [6.45, 7) is 1.81. The normalized spacial score (nSPS) is 11.0. The fraction of sp³-hybridized carbons (Fsp3) is 0.111. The second-order valence-electron chi connectivity index (χ2n) is 5.84. The van der Waals surface area contributed by atoms with E-state index in [2.05, 4.69) is 15.5 Å². The van der Waals surface area contributed by atoms with Crippen LogP contribution in [0.15, 0.2) is 59.0 Å². The Balaban J connectivity index is 1.58. The van der Waals surface area contributed by atoms with Crippen LogP contribution >= 0.6 is 11.3 Å². The van der Waals surface area contributed by atoms with Gasteiger partial charge in [0, 0.05) is 5.69 Å². The molecule has 1 aromatic carbocycles. The molecule has 130 valence electrons. The summed E-state index contributed by atoms with van der Waals surface area (Å²) in [6, 6.07) is 13.0. The van der Waals surface area contributed by atoms with E-state index in [4.69, 9.17) is 0 Å². The molecule has 3 heterocycles. The van der Waals surface area contributed by atoms with Crippen molar-refractivity contribution in [3.8, 4) is 10.6 Å². The van der Waals surface area contributed by atoms with E-state index < -0.39 is 0 Å². The summed E-state index contributed by atoms with van der Waals surface area (Å²) in [4.78, 5) is 25.8. The van der Waals surface area contributed by atoms with Crippen LogP contribution in [0.4, 0.5) is 5.69 Å². The van der Waals surface area contributed by atoms with Gasteiger partial charge in [0.05, 0.1) is 4.88 Å². The van der Waals surface area contributed by atoms with Crippen LogP contribution in [0.1, 0.15) is 5.56 Å². The molecule has 0 aliphatic heterocycles. The molecule has 0 saturated heterocycles. The molecule has 26 heavy (non-hydrogen) atoms. The number of aryl methyl sites for hydroxylation is 1. The van der Waals surface area contributed by atoms with Crippen LogP contribution in [0.3, 0.4) is 0 Å². The van der Waals surface area contributed by atoms with E-state index in [1.165, 1.54) is 10.8 Å². The molecule has 0 spiro atoms. The quantitative estimate of drug-likeness (QED) is 0.603. The van der Waals surface area contributed by atoms with Gasteiger partial charge in [0.25, 0.3) is 5.56 Å². The predicted octanol–water partition coefficient (Wildman–Crippen LogP) is 2.57. The maximum absolute atomic E-state index is 12.6. The number of carbonyl (C=O) groups excluding carboxylic acids is 1. The Bertz CT molecular complexity index is 1130. The van der Waals surface area contributed by atoms with Crippen LogP contribution in [0, 0.1) is 6.92 Å². The predicted molar refractivity (Wildman–Crippen MR) is 100 cm³/mol. The number of amides is 1.